The number of hydrogen-bond donors (Lipinski definition) is 3. The number of aryl methyl sites for hydroxylation is 3. The number of esters is 1. The Hall–Kier alpha value is -3.20. The van der Waals surface area contributed by atoms with Crippen LogP contribution in [0.4, 0.5) is 15.5 Å². The SMILES string of the molecule is Cc1ccc(NC(=O)NC(=O)COC(=O)c2sc(NC(=O)C(C)(C)C)cc2C)c(C)c1. The third kappa shape index (κ3) is 6.92. The average Bonchev–Trinajstić information content (AvgIpc) is 3.01. The number of anilines is 2. The van der Waals surface area contributed by atoms with Gasteiger partial charge in [-0.25, -0.2) is 9.59 Å². The van der Waals surface area contributed by atoms with Gasteiger partial charge in [0, 0.05) is 11.1 Å². The van der Waals surface area contributed by atoms with Gasteiger partial charge in [0.1, 0.15) is 4.88 Å². The summed E-state index contributed by atoms with van der Waals surface area (Å²) in [6.45, 7) is 10.2. The number of thiophene rings is 1. The normalized spacial score (nSPS) is 10.9. The number of ether oxygens (including phenoxy) is 1. The Labute approximate surface area is 185 Å². The number of imide groups is 1. The fourth-order valence-electron chi connectivity index (χ4n) is 2.51. The standard InChI is InChI=1S/C22H27N3O5S/c1-12-7-8-15(13(2)9-12)23-21(29)24-16(26)11-30-19(27)18-14(3)10-17(31-18)25-20(28)22(4,5)6/h7-10H,11H2,1-6H3,(H,25,28)(H2,23,24,26,29). The number of hydrogen-bond acceptors (Lipinski definition) is 6. The van der Waals surface area contributed by atoms with Crippen LogP contribution in [-0.2, 0) is 14.3 Å². The van der Waals surface area contributed by atoms with E-state index in [1.54, 1.807) is 39.8 Å². The summed E-state index contributed by atoms with van der Waals surface area (Å²) in [6.07, 6.45) is 0. The van der Waals surface area contributed by atoms with Crippen LogP contribution < -0.4 is 16.0 Å². The van der Waals surface area contributed by atoms with E-state index in [9.17, 15) is 19.2 Å². The molecule has 1 aromatic heterocycles. The molecule has 0 saturated carbocycles. The predicted octanol–water partition coefficient (Wildman–Crippen LogP) is 4.16. The Bertz CT molecular complexity index is 1020. The lowest BCUT2D eigenvalue weighted by atomic mass is 9.96. The molecule has 0 radical (unpaired) electrons. The molecule has 2 aromatic rings. The zero-order chi connectivity index (χ0) is 23.3. The van der Waals surface area contributed by atoms with E-state index in [0.29, 0.717) is 16.3 Å². The summed E-state index contributed by atoms with van der Waals surface area (Å²) in [5, 5.41) is 7.98. The summed E-state index contributed by atoms with van der Waals surface area (Å²) in [4.78, 5) is 48.6. The van der Waals surface area contributed by atoms with Gasteiger partial charge in [-0.15, -0.1) is 11.3 Å². The zero-order valence-corrected chi connectivity index (χ0v) is 19.3. The van der Waals surface area contributed by atoms with Crippen molar-refractivity contribution in [2.45, 2.75) is 41.5 Å². The first kappa shape index (κ1) is 24.1. The Kier molecular flexibility index (Phi) is 7.56. The van der Waals surface area contributed by atoms with Gasteiger partial charge in [-0.3, -0.25) is 14.9 Å². The van der Waals surface area contributed by atoms with E-state index in [1.807, 2.05) is 26.0 Å². The number of carbonyl (C=O) groups excluding carboxylic acids is 4. The summed E-state index contributed by atoms with van der Waals surface area (Å²) in [6, 6.07) is 6.44. The van der Waals surface area contributed by atoms with Crippen LogP contribution in [0.2, 0.25) is 0 Å². The highest BCUT2D eigenvalue weighted by molar-refractivity contribution is 7.18. The lowest BCUT2D eigenvalue weighted by Gasteiger charge is -2.16. The molecular formula is C22H27N3O5S. The minimum absolute atomic E-state index is 0.178. The smallest absolute Gasteiger partial charge is 0.349 e. The number of amides is 4. The van der Waals surface area contributed by atoms with E-state index in [4.69, 9.17) is 4.74 Å². The highest BCUT2D eigenvalue weighted by Crippen LogP contribution is 2.29. The molecule has 0 saturated heterocycles. The highest BCUT2D eigenvalue weighted by Gasteiger charge is 2.23. The Morgan fingerprint density at radius 2 is 1.65 bits per heavy atom. The van der Waals surface area contributed by atoms with Crippen molar-refractivity contribution in [3.8, 4) is 0 Å². The van der Waals surface area contributed by atoms with Crippen LogP contribution in [0.25, 0.3) is 0 Å². The van der Waals surface area contributed by atoms with Crippen molar-refractivity contribution in [2.24, 2.45) is 5.41 Å². The first-order valence-electron chi connectivity index (χ1n) is 9.64. The molecule has 1 aromatic carbocycles. The molecule has 0 aliphatic carbocycles. The fourth-order valence-corrected chi connectivity index (χ4v) is 3.47. The molecule has 2 rings (SSSR count). The van der Waals surface area contributed by atoms with Gasteiger partial charge < -0.3 is 15.4 Å². The maximum absolute atomic E-state index is 12.3. The molecule has 0 aliphatic heterocycles. The maximum Gasteiger partial charge on any atom is 0.349 e. The summed E-state index contributed by atoms with van der Waals surface area (Å²) in [7, 11) is 0. The molecule has 0 fully saturated rings. The molecule has 4 amide bonds. The third-order valence-electron chi connectivity index (χ3n) is 4.24. The molecule has 3 N–H and O–H groups in total. The van der Waals surface area contributed by atoms with Crippen molar-refractivity contribution in [3.05, 3.63) is 45.8 Å². The number of urea groups is 1. The molecule has 0 unspecified atom stereocenters. The molecule has 1 heterocycles. The van der Waals surface area contributed by atoms with E-state index in [-0.39, 0.29) is 10.8 Å². The molecule has 0 atom stereocenters. The second kappa shape index (κ2) is 9.74. The van der Waals surface area contributed by atoms with Gasteiger partial charge in [0.05, 0.1) is 5.00 Å². The second-order valence-corrected chi connectivity index (χ2v) is 9.28. The van der Waals surface area contributed by atoms with Crippen molar-refractivity contribution in [1.82, 2.24) is 5.32 Å². The van der Waals surface area contributed by atoms with Crippen LogP contribution >= 0.6 is 11.3 Å². The van der Waals surface area contributed by atoms with Gasteiger partial charge in [0.25, 0.3) is 5.91 Å². The predicted molar refractivity (Wildman–Crippen MR) is 121 cm³/mol. The van der Waals surface area contributed by atoms with Crippen molar-refractivity contribution in [3.63, 3.8) is 0 Å². The lowest BCUT2D eigenvalue weighted by molar-refractivity contribution is -0.123. The maximum atomic E-state index is 12.3. The quantitative estimate of drug-likeness (QED) is 0.598. The number of rotatable bonds is 5. The van der Waals surface area contributed by atoms with Crippen molar-refractivity contribution in [2.75, 3.05) is 17.2 Å². The summed E-state index contributed by atoms with van der Waals surface area (Å²) < 4.78 is 5.01. The molecule has 8 nitrogen and oxygen atoms in total. The molecule has 166 valence electrons. The average molecular weight is 446 g/mol. The van der Waals surface area contributed by atoms with E-state index in [2.05, 4.69) is 16.0 Å². The van der Waals surface area contributed by atoms with E-state index in [1.165, 1.54) is 0 Å². The summed E-state index contributed by atoms with van der Waals surface area (Å²) >= 11 is 1.06. The van der Waals surface area contributed by atoms with Gasteiger partial charge in [0.2, 0.25) is 5.91 Å². The molecule has 0 spiro atoms. The first-order chi connectivity index (χ1) is 14.4. The van der Waals surface area contributed by atoms with Crippen molar-refractivity contribution < 1.29 is 23.9 Å². The molecule has 0 aliphatic rings. The molecular weight excluding hydrogens is 418 g/mol. The van der Waals surface area contributed by atoms with Gasteiger partial charge >= 0.3 is 12.0 Å². The van der Waals surface area contributed by atoms with Crippen LogP contribution in [0.3, 0.4) is 0 Å². The minimum Gasteiger partial charge on any atom is -0.451 e. The fraction of sp³-hybridized carbons (Fsp3) is 0.364. The Morgan fingerprint density at radius 3 is 2.26 bits per heavy atom. The van der Waals surface area contributed by atoms with Crippen LogP contribution in [0.1, 0.15) is 47.1 Å². The number of carbonyl (C=O) groups is 4. The van der Waals surface area contributed by atoms with Gasteiger partial charge in [-0.05, 0) is 44.0 Å². The van der Waals surface area contributed by atoms with Gasteiger partial charge in [-0.1, -0.05) is 38.5 Å². The van der Waals surface area contributed by atoms with Crippen LogP contribution in [0, 0.1) is 26.2 Å². The van der Waals surface area contributed by atoms with Gasteiger partial charge in [-0.2, -0.15) is 0 Å². The highest BCUT2D eigenvalue weighted by atomic mass is 32.1. The Morgan fingerprint density at radius 1 is 0.968 bits per heavy atom. The van der Waals surface area contributed by atoms with Crippen LogP contribution in [0.15, 0.2) is 24.3 Å². The largest absolute Gasteiger partial charge is 0.451 e. The van der Waals surface area contributed by atoms with Gasteiger partial charge in [0.15, 0.2) is 6.61 Å². The van der Waals surface area contributed by atoms with E-state index in [0.717, 1.165) is 22.5 Å². The monoisotopic (exact) mass is 445 g/mol. The summed E-state index contributed by atoms with van der Waals surface area (Å²) in [5.41, 5.74) is 2.53. The molecule has 0 bridgehead atoms. The molecule has 31 heavy (non-hydrogen) atoms. The van der Waals surface area contributed by atoms with Crippen molar-refractivity contribution >= 4 is 45.8 Å². The number of nitrogens with one attached hydrogen (secondary N) is 3. The van der Waals surface area contributed by atoms with Crippen LogP contribution in [0.5, 0.6) is 0 Å². The Balaban J connectivity index is 1.88. The lowest BCUT2D eigenvalue weighted by Crippen LogP contribution is -2.37. The first-order valence-corrected chi connectivity index (χ1v) is 10.5. The minimum atomic E-state index is -0.758. The van der Waals surface area contributed by atoms with Crippen LogP contribution in [-0.4, -0.2) is 30.4 Å². The van der Waals surface area contributed by atoms with E-state index >= 15 is 0 Å². The number of benzene rings is 1. The third-order valence-corrected chi connectivity index (χ3v) is 5.37. The van der Waals surface area contributed by atoms with E-state index < -0.39 is 29.9 Å². The molecule has 9 heteroatoms. The summed E-state index contributed by atoms with van der Waals surface area (Å²) in [5.74, 6) is -1.64. The topological polar surface area (TPSA) is 114 Å². The van der Waals surface area contributed by atoms with Crippen molar-refractivity contribution in [1.29, 1.82) is 0 Å². The zero-order valence-electron chi connectivity index (χ0n) is 18.5. The second-order valence-electron chi connectivity index (χ2n) is 8.22.